The molecule has 8 heteroatoms. The van der Waals surface area contributed by atoms with Crippen molar-refractivity contribution in [1.82, 2.24) is 5.32 Å². The van der Waals surface area contributed by atoms with Crippen molar-refractivity contribution in [2.45, 2.75) is 25.5 Å². The van der Waals surface area contributed by atoms with Crippen LogP contribution in [0.4, 0.5) is 13.2 Å². The lowest BCUT2D eigenvalue weighted by Crippen LogP contribution is -2.25. The van der Waals surface area contributed by atoms with E-state index < -0.39 is 29.5 Å². The minimum absolute atomic E-state index is 0.0751. The summed E-state index contributed by atoms with van der Waals surface area (Å²) in [6, 6.07) is 17.8. The van der Waals surface area contributed by atoms with Crippen molar-refractivity contribution >= 4 is 11.7 Å². The van der Waals surface area contributed by atoms with Crippen LogP contribution in [0.5, 0.6) is 0 Å². The fourth-order valence-electron chi connectivity index (χ4n) is 4.91. The first kappa shape index (κ1) is 25.2. The fraction of sp³-hybridized carbons (Fsp3) is 0.133. The highest BCUT2D eigenvalue weighted by atomic mass is 19.1. The molecule has 0 fully saturated rings. The van der Waals surface area contributed by atoms with Crippen LogP contribution in [-0.4, -0.2) is 16.8 Å². The highest BCUT2D eigenvalue weighted by Gasteiger charge is 2.30. The molecule has 0 saturated carbocycles. The number of amidine groups is 1. The van der Waals surface area contributed by atoms with E-state index in [0.29, 0.717) is 22.3 Å². The lowest BCUT2D eigenvalue weighted by molar-refractivity contribution is 0.0950. The van der Waals surface area contributed by atoms with Gasteiger partial charge in [0, 0.05) is 40.8 Å². The SMILES string of the molecule is C[C@@H]1c2ccc(C(=O)NCc3ccc(C(=N)N)cc3F)cc2[C@H](O)c2cc(-c3ccc(F)cc3F)ccc21. The van der Waals surface area contributed by atoms with E-state index in [1.165, 1.54) is 24.3 Å². The van der Waals surface area contributed by atoms with Gasteiger partial charge in [-0.2, -0.15) is 0 Å². The standard InChI is InChI=1S/C30H24F3N3O2/c1-15-21-7-4-16(23-9-6-20(31)13-27(23)33)10-24(21)28(37)25-11-18(5-8-22(15)25)30(38)36-14-19-3-2-17(29(34)35)12-26(19)32/h2-13,15,28,37H,14H2,1H3,(H3,34,35)(H,36,38)/t15-,28+/m0/s1. The van der Waals surface area contributed by atoms with Gasteiger partial charge in [-0.3, -0.25) is 10.2 Å². The van der Waals surface area contributed by atoms with Crippen LogP contribution in [0, 0.1) is 22.9 Å². The second-order valence-electron chi connectivity index (χ2n) is 9.34. The van der Waals surface area contributed by atoms with Crippen LogP contribution in [0.2, 0.25) is 0 Å². The second-order valence-corrected chi connectivity index (χ2v) is 9.34. The van der Waals surface area contributed by atoms with Crippen LogP contribution in [-0.2, 0) is 6.54 Å². The topological polar surface area (TPSA) is 99.2 Å². The average Bonchev–Trinajstić information content (AvgIpc) is 2.90. The van der Waals surface area contributed by atoms with Gasteiger partial charge in [-0.15, -0.1) is 0 Å². The Bertz CT molecular complexity index is 1600. The third-order valence-corrected chi connectivity index (χ3v) is 7.00. The minimum Gasteiger partial charge on any atom is -0.384 e. The van der Waals surface area contributed by atoms with Gasteiger partial charge in [-0.25, -0.2) is 13.2 Å². The summed E-state index contributed by atoms with van der Waals surface area (Å²) in [5.41, 5.74) is 9.74. The molecule has 192 valence electrons. The predicted octanol–water partition coefficient (Wildman–Crippen LogP) is 5.53. The number of carbonyl (C=O) groups excluding carboxylic acids is 1. The summed E-state index contributed by atoms with van der Waals surface area (Å²) in [6.45, 7) is 1.91. The lowest BCUT2D eigenvalue weighted by Gasteiger charge is -2.30. The summed E-state index contributed by atoms with van der Waals surface area (Å²) in [5, 5.41) is 21.4. The molecule has 1 aliphatic carbocycles. The summed E-state index contributed by atoms with van der Waals surface area (Å²) in [6.07, 6.45) is -1.07. The molecular weight excluding hydrogens is 491 g/mol. The van der Waals surface area contributed by atoms with Crippen LogP contribution in [0.25, 0.3) is 11.1 Å². The number of rotatable bonds is 5. The van der Waals surface area contributed by atoms with E-state index in [-0.39, 0.29) is 35.0 Å². The maximum atomic E-state index is 14.4. The van der Waals surface area contributed by atoms with Gasteiger partial charge in [-0.05, 0) is 64.2 Å². The molecule has 38 heavy (non-hydrogen) atoms. The van der Waals surface area contributed by atoms with Gasteiger partial charge >= 0.3 is 0 Å². The van der Waals surface area contributed by atoms with Gasteiger partial charge < -0.3 is 16.2 Å². The normalized spacial score (nSPS) is 15.9. The first-order chi connectivity index (χ1) is 18.1. The van der Waals surface area contributed by atoms with Gasteiger partial charge in [-0.1, -0.05) is 37.3 Å². The first-order valence-corrected chi connectivity index (χ1v) is 12.0. The lowest BCUT2D eigenvalue weighted by atomic mass is 9.76. The zero-order chi connectivity index (χ0) is 27.1. The van der Waals surface area contributed by atoms with Crippen molar-refractivity contribution < 1.29 is 23.1 Å². The van der Waals surface area contributed by atoms with E-state index in [4.69, 9.17) is 11.1 Å². The molecule has 4 aromatic rings. The summed E-state index contributed by atoms with van der Waals surface area (Å²) < 4.78 is 42.1. The Morgan fingerprint density at radius 3 is 2.24 bits per heavy atom. The number of nitrogens with one attached hydrogen (secondary N) is 2. The molecule has 5 N–H and O–H groups in total. The van der Waals surface area contributed by atoms with Gasteiger partial charge in [0.15, 0.2) is 0 Å². The zero-order valence-electron chi connectivity index (χ0n) is 20.4. The van der Waals surface area contributed by atoms with Gasteiger partial charge in [0.05, 0.1) is 0 Å². The van der Waals surface area contributed by atoms with Crippen molar-refractivity contribution in [2.75, 3.05) is 0 Å². The molecule has 0 heterocycles. The molecule has 0 aliphatic heterocycles. The number of nitrogen functional groups attached to an aromatic ring is 1. The van der Waals surface area contributed by atoms with E-state index >= 15 is 0 Å². The quantitative estimate of drug-likeness (QED) is 0.208. The molecule has 1 aliphatic rings. The highest BCUT2D eigenvalue weighted by molar-refractivity contribution is 5.95. The number of halogens is 3. The highest BCUT2D eigenvalue weighted by Crippen LogP contribution is 2.43. The van der Waals surface area contributed by atoms with Crippen molar-refractivity contribution in [3.05, 3.63) is 129 Å². The average molecular weight is 516 g/mol. The first-order valence-electron chi connectivity index (χ1n) is 12.0. The zero-order valence-corrected chi connectivity index (χ0v) is 20.4. The number of hydrogen-bond acceptors (Lipinski definition) is 3. The number of aliphatic hydroxyl groups is 1. The summed E-state index contributed by atoms with van der Waals surface area (Å²) in [7, 11) is 0. The van der Waals surface area contributed by atoms with Crippen LogP contribution in [0.3, 0.4) is 0 Å². The third-order valence-electron chi connectivity index (χ3n) is 7.00. The van der Waals surface area contributed by atoms with Crippen LogP contribution < -0.4 is 11.1 Å². The maximum Gasteiger partial charge on any atom is 0.251 e. The molecule has 0 saturated heterocycles. The molecule has 5 rings (SSSR count). The van der Waals surface area contributed by atoms with E-state index in [1.54, 1.807) is 30.3 Å². The van der Waals surface area contributed by atoms with E-state index in [0.717, 1.165) is 23.3 Å². The number of amides is 1. The number of aliphatic hydroxyl groups excluding tert-OH is 1. The Morgan fingerprint density at radius 2 is 1.55 bits per heavy atom. The Hall–Kier alpha value is -4.43. The molecule has 0 radical (unpaired) electrons. The number of benzene rings is 4. The van der Waals surface area contributed by atoms with Crippen LogP contribution in [0.15, 0.2) is 72.8 Å². The Morgan fingerprint density at radius 1 is 0.868 bits per heavy atom. The van der Waals surface area contributed by atoms with E-state index in [9.17, 15) is 23.1 Å². The van der Waals surface area contributed by atoms with Gasteiger partial charge in [0.1, 0.15) is 29.4 Å². The second kappa shape index (κ2) is 9.79. The van der Waals surface area contributed by atoms with Crippen molar-refractivity contribution in [2.24, 2.45) is 5.73 Å². The molecule has 4 aromatic carbocycles. The predicted molar refractivity (Wildman–Crippen MR) is 138 cm³/mol. The van der Waals surface area contributed by atoms with Crippen molar-refractivity contribution in [3.8, 4) is 11.1 Å². The largest absolute Gasteiger partial charge is 0.384 e. The minimum atomic E-state index is -1.07. The third kappa shape index (κ3) is 4.54. The Kier molecular flexibility index (Phi) is 6.50. The molecule has 0 bridgehead atoms. The molecule has 5 nitrogen and oxygen atoms in total. The molecule has 0 aromatic heterocycles. The molecule has 0 spiro atoms. The van der Waals surface area contributed by atoms with Crippen molar-refractivity contribution in [1.29, 1.82) is 5.41 Å². The smallest absolute Gasteiger partial charge is 0.251 e. The molecule has 2 atom stereocenters. The monoisotopic (exact) mass is 515 g/mol. The molecule has 0 unspecified atom stereocenters. The fourth-order valence-corrected chi connectivity index (χ4v) is 4.91. The van der Waals surface area contributed by atoms with E-state index in [1.807, 2.05) is 13.0 Å². The van der Waals surface area contributed by atoms with Crippen LogP contribution >= 0.6 is 0 Å². The Labute approximate surface area is 217 Å². The van der Waals surface area contributed by atoms with E-state index in [2.05, 4.69) is 5.32 Å². The Balaban J connectivity index is 1.41. The summed E-state index contributed by atoms with van der Waals surface area (Å²) in [5.74, 6) is -2.75. The summed E-state index contributed by atoms with van der Waals surface area (Å²) in [4.78, 5) is 12.9. The number of carbonyl (C=O) groups is 1. The van der Waals surface area contributed by atoms with Gasteiger partial charge in [0.25, 0.3) is 5.91 Å². The molecular formula is C30H24F3N3O2. The van der Waals surface area contributed by atoms with Gasteiger partial charge in [0.2, 0.25) is 0 Å². The summed E-state index contributed by atoms with van der Waals surface area (Å²) >= 11 is 0. The van der Waals surface area contributed by atoms with Crippen LogP contribution in [0.1, 0.15) is 62.7 Å². The number of fused-ring (bicyclic) bond motifs is 2. The number of nitrogens with two attached hydrogens (primary N) is 1. The number of hydrogen-bond donors (Lipinski definition) is 4. The molecule has 1 amide bonds. The maximum absolute atomic E-state index is 14.4. The van der Waals surface area contributed by atoms with Crippen molar-refractivity contribution in [3.63, 3.8) is 0 Å².